The van der Waals surface area contributed by atoms with Gasteiger partial charge in [-0.15, -0.1) is 0 Å². The number of benzene rings is 1. The van der Waals surface area contributed by atoms with Gasteiger partial charge >= 0.3 is 0 Å². The van der Waals surface area contributed by atoms with E-state index in [0.29, 0.717) is 0 Å². The maximum Gasteiger partial charge on any atom is 0.0110 e. The van der Waals surface area contributed by atoms with Crippen molar-refractivity contribution in [2.24, 2.45) is 5.73 Å². The molecule has 100 valence electrons. The summed E-state index contributed by atoms with van der Waals surface area (Å²) in [5, 5.41) is 0. The Labute approximate surface area is 111 Å². The number of rotatable bonds is 6. The largest absolute Gasteiger partial charge is 0.329 e. The topological polar surface area (TPSA) is 32.5 Å². The molecule has 0 unspecified atom stereocenters. The molecular formula is C15H25N3. The number of aryl methyl sites for hydroxylation is 1. The van der Waals surface area contributed by atoms with Crippen LogP contribution in [0.1, 0.15) is 12.0 Å². The predicted molar refractivity (Wildman–Crippen MR) is 76.7 cm³/mol. The third-order valence-corrected chi connectivity index (χ3v) is 3.69. The molecule has 1 saturated heterocycles. The number of hydrogen-bond acceptors (Lipinski definition) is 3. The van der Waals surface area contributed by atoms with E-state index in [1.807, 2.05) is 0 Å². The zero-order valence-corrected chi connectivity index (χ0v) is 11.2. The van der Waals surface area contributed by atoms with Crippen molar-refractivity contribution in [2.75, 3.05) is 45.8 Å². The lowest BCUT2D eigenvalue weighted by atomic mass is 10.1. The summed E-state index contributed by atoms with van der Waals surface area (Å²) in [5.41, 5.74) is 7.04. The second-order valence-electron chi connectivity index (χ2n) is 5.06. The molecule has 2 N–H and O–H groups in total. The van der Waals surface area contributed by atoms with Crippen molar-refractivity contribution in [3.8, 4) is 0 Å². The van der Waals surface area contributed by atoms with E-state index in [2.05, 4.69) is 40.1 Å². The van der Waals surface area contributed by atoms with Gasteiger partial charge < -0.3 is 10.6 Å². The lowest BCUT2D eigenvalue weighted by molar-refractivity contribution is 0.134. The number of nitrogens with two attached hydrogens (primary N) is 1. The molecule has 1 aromatic carbocycles. The highest BCUT2D eigenvalue weighted by Crippen LogP contribution is 2.06. The molecule has 1 aliphatic rings. The van der Waals surface area contributed by atoms with Gasteiger partial charge in [-0.2, -0.15) is 0 Å². The lowest BCUT2D eigenvalue weighted by Crippen LogP contribution is -2.47. The molecule has 0 radical (unpaired) electrons. The Morgan fingerprint density at radius 2 is 1.50 bits per heavy atom. The van der Waals surface area contributed by atoms with Crippen molar-refractivity contribution in [2.45, 2.75) is 12.8 Å². The Hall–Kier alpha value is -0.900. The molecule has 2 rings (SSSR count). The van der Waals surface area contributed by atoms with E-state index < -0.39 is 0 Å². The molecule has 18 heavy (non-hydrogen) atoms. The summed E-state index contributed by atoms with van der Waals surface area (Å²) in [7, 11) is 0. The van der Waals surface area contributed by atoms with Gasteiger partial charge in [0.1, 0.15) is 0 Å². The van der Waals surface area contributed by atoms with Crippen LogP contribution in [0.4, 0.5) is 0 Å². The molecule has 0 spiro atoms. The zero-order chi connectivity index (χ0) is 12.6. The van der Waals surface area contributed by atoms with Crippen LogP contribution in [0.15, 0.2) is 30.3 Å². The van der Waals surface area contributed by atoms with E-state index >= 15 is 0 Å². The van der Waals surface area contributed by atoms with E-state index in [1.54, 1.807) is 0 Å². The first-order valence-corrected chi connectivity index (χ1v) is 7.07. The first-order valence-electron chi connectivity index (χ1n) is 7.07. The minimum Gasteiger partial charge on any atom is -0.329 e. The molecule has 3 nitrogen and oxygen atoms in total. The molecule has 1 heterocycles. The molecule has 0 aromatic heterocycles. The van der Waals surface area contributed by atoms with E-state index in [9.17, 15) is 0 Å². The van der Waals surface area contributed by atoms with E-state index in [4.69, 9.17) is 5.73 Å². The second kappa shape index (κ2) is 7.52. The quantitative estimate of drug-likeness (QED) is 0.820. The van der Waals surface area contributed by atoms with Gasteiger partial charge in [-0.1, -0.05) is 30.3 Å². The number of piperazine rings is 1. The van der Waals surface area contributed by atoms with Crippen LogP contribution in [0.3, 0.4) is 0 Å². The van der Waals surface area contributed by atoms with Crippen LogP contribution in [-0.2, 0) is 6.42 Å². The van der Waals surface area contributed by atoms with Gasteiger partial charge in [0, 0.05) is 39.3 Å². The number of nitrogens with zero attached hydrogens (tertiary/aromatic N) is 2. The van der Waals surface area contributed by atoms with Crippen LogP contribution in [-0.4, -0.2) is 55.6 Å². The van der Waals surface area contributed by atoms with Crippen LogP contribution in [0.25, 0.3) is 0 Å². The Kier molecular flexibility index (Phi) is 5.65. The Balaban J connectivity index is 1.61. The third kappa shape index (κ3) is 4.41. The van der Waals surface area contributed by atoms with Crippen molar-refractivity contribution in [1.29, 1.82) is 0 Å². The van der Waals surface area contributed by atoms with Crippen LogP contribution in [0, 0.1) is 0 Å². The first kappa shape index (κ1) is 13.5. The molecule has 0 bridgehead atoms. The maximum atomic E-state index is 5.58. The summed E-state index contributed by atoms with van der Waals surface area (Å²) in [5.74, 6) is 0. The standard InChI is InChI=1S/C15H25N3/c16-8-10-18-13-11-17(12-14-18)9-4-7-15-5-2-1-3-6-15/h1-3,5-6H,4,7-14,16H2. The fourth-order valence-electron chi connectivity index (χ4n) is 2.57. The van der Waals surface area contributed by atoms with Crippen molar-refractivity contribution in [1.82, 2.24) is 9.80 Å². The van der Waals surface area contributed by atoms with Gasteiger partial charge in [-0.05, 0) is 24.9 Å². The monoisotopic (exact) mass is 247 g/mol. The smallest absolute Gasteiger partial charge is 0.0110 e. The average molecular weight is 247 g/mol. The van der Waals surface area contributed by atoms with Gasteiger partial charge in [0.25, 0.3) is 0 Å². The Morgan fingerprint density at radius 3 is 2.11 bits per heavy atom. The fraction of sp³-hybridized carbons (Fsp3) is 0.600. The van der Waals surface area contributed by atoms with E-state index in [0.717, 1.165) is 13.1 Å². The lowest BCUT2D eigenvalue weighted by Gasteiger charge is -2.34. The van der Waals surface area contributed by atoms with Crippen LogP contribution >= 0.6 is 0 Å². The van der Waals surface area contributed by atoms with Crippen LogP contribution in [0.5, 0.6) is 0 Å². The fourth-order valence-corrected chi connectivity index (χ4v) is 2.57. The predicted octanol–water partition coefficient (Wildman–Crippen LogP) is 1.20. The second-order valence-corrected chi connectivity index (χ2v) is 5.06. The first-order chi connectivity index (χ1) is 8.88. The minimum absolute atomic E-state index is 0.786. The van der Waals surface area contributed by atoms with Crippen LogP contribution < -0.4 is 5.73 Å². The highest BCUT2D eigenvalue weighted by atomic mass is 15.3. The van der Waals surface area contributed by atoms with E-state index in [1.165, 1.54) is 51.1 Å². The van der Waals surface area contributed by atoms with Crippen molar-refractivity contribution >= 4 is 0 Å². The van der Waals surface area contributed by atoms with Crippen molar-refractivity contribution < 1.29 is 0 Å². The van der Waals surface area contributed by atoms with E-state index in [-0.39, 0.29) is 0 Å². The van der Waals surface area contributed by atoms with Gasteiger partial charge in [0.2, 0.25) is 0 Å². The molecule has 3 heteroatoms. The minimum atomic E-state index is 0.786. The van der Waals surface area contributed by atoms with Gasteiger partial charge in [-0.3, -0.25) is 4.90 Å². The number of hydrogen-bond donors (Lipinski definition) is 1. The molecule has 1 aromatic rings. The summed E-state index contributed by atoms with van der Waals surface area (Å²) in [6.45, 7) is 7.84. The molecule has 0 saturated carbocycles. The van der Waals surface area contributed by atoms with Crippen molar-refractivity contribution in [3.05, 3.63) is 35.9 Å². The molecule has 0 aliphatic carbocycles. The highest BCUT2D eigenvalue weighted by molar-refractivity contribution is 5.14. The molecule has 0 amide bonds. The summed E-state index contributed by atoms with van der Waals surface area (Å²) in [6, 6.07) is 10.8. The third-order valence-electron chi connectivity index (χ3n) is 3.69. The molecule has 1 fully saturated rings. The van der Waals surface area contributed by atoms with Gasteiger partial charge in [-0.25, -0.2) is 0 Å². The maximum absolute atomic E-state index is 5.58. The molecular weight excluding hydrogens is 222 g/mol. The summed E-state index contributed by atoms with van der Waals surface area (Å²) < 4.78 is 0. The molecule has 0 atom stereocenters. The normalized spacial score (nSPS) is 18.1. The van der Waals surface area contributed by atoms with Gasteiger partial charge in [0.05, 0.1) is 0 Å². The van der Waals surface area contributed by atoms with Crippen LogP contribution in [0.2, 0.25) is 0 Å². The average Bonchev–Trinajstić information content (AvgIpc) is 2.42. The highest BCUT2D eigenvalue weighted by Gasteiger charge is 2.15. The Bertz CT molecular complexity index is 318. The van der Waals surface area contributed by atoms with Crippen molar-refractivity contribution in [3.63, 3.8) is 0 Å². The molecule has 1 aliphatic heterocycles. The zero-order valence-electron chi connectivity index (χ0n) is 11.2. The summed E-state index contributed by atoms with van der Waals surface area (Å²) in [4.78, 5) is 5.05. The SMILES string of the molecule is NCCN1CCN(CCCc2ccccc2)CC1. The van der Waals surface area contributed by atoms with Gasteiger partial charge in [0.15, 0.2) is 0 Å². The Morgan fingerprint density at radius 1 is 0.889 bits per heavy atom. The summed E-state index contributed by atoms with van der Waals surface area (Å²) in [6.07, 6.45) is 2.46. The summed E-state index contributed by atoms with van der Waals surface area (Å²) >= 11 is 0.